The van der Waals surface area contributed by atoms with Gasteiger partial charge in [-0.2, -0.15) is 0 Å². The molecule has 0 bridgehead atoms. The third-order valence-corrected chi connectivity index (χ3v) is 2.40. The first-order valence-electron chi connectivity index (χ1n) is 4.45. The number of carbonyl (C=O) groups is 2. The first-order chi connectivity index (χ1) is 7.08. The molecule has 15 heavy (non-hydrogen) atoms. The maximum atomic E-state index is 11.5. The molecular weight excluding hydrogens is 200 g/mol. The fourth-order valence-corrected chi connectivity index (χ4v) is 1.60. The first kappa shape index (κ1) is 9.50. The lowest BCUT2D eigenvalue weighted by Gasteiger charge is -2.12. The predicted octanol–water partition coefficient (Wildman–Crippen LogP) is -1.46. The number of amides is 2. The minimum atomic E-state index is -0.497. The number of primary amides is 1. The molecule has 1 aliphatic rings. The Morgan fingerprint density at radius 2 is 2.20 bits per heavy atom. The summed E-state index contributed by atoms with van der Waals surface area (Å²) in [6.45, 7) is 0.224. The Labute approximate surface area is 84.2 Å². The van der Waals surface area contributed by atoms with Crippen LogP contribution in [-0.2, 0) is 9.59 Å². The second kappa shape index (κ2) is 3.26. The lowest BCUT2D eigenvalue weighted by molar-refractivity contribution is -0.123. The van der Waals surface area contributed by atoms with Gasteiger partial charge in [0, 0.05) is 19.0 Å². The molecule has 1 aromatic rings. The van der Waals surface area contributed by atoms with E-state index in [9.17, 15) is 14.4 Å². The van der Waals surface area contributed by atoms with Gasteiger partial charge >= 0.3 is 0 Å². The molecule has 0 saturated carbocycles. The zero-order chi connectivity index (χ0) is 11.0. The van der Waals surface area contributed by atoms with E-state index in [0.29, 0.717) is 5.82 Å². The average Bonchev–Trinajstić information content (AvgIpc) is 2.71. The zero-order valence-corrected chi connectivity index (χ0v) is 7.82. The van der Waals surface area contributed by atoms with Crippen molar-refractivity contribution >= 4 is 17.6 Å². The molecule has 1 fully saturated rings. The maximum absolute atomic E-state index is 11.5. The molecule has 1 atom stereocenters. The molecule has 2 heterocycles. The van der Waals surface area contributed by atoms with Crippen LogP contribution in [0.4, 0.5) is 5.82 Å². The van der Waals surface area contributed by atoms with Gasteiger partial charge in [0.05, 0.1) is 5.92 Å². The molecule has 0 aromatic carbocycles. The minimum Gasteiger partial charge on any atom is -0.369 e. The van der Waals surface area contributed by atoms with Gasteiger partial charge in [0.1, 0.15) is 5.82 Å². The Balaban J connectivity index is 2.22. The zero-order valence-electron chi connectivity index (χ0n) is 7.82. The van der Waals surface area contributed by atoms with Crippen LogP contribution < -0.4 is 16.2 Å². The highest BCUT2D eigenvalue weighted by atomic mass is 16.2. The molecular formula is C8H10N4O3. The fourth-order valence-electron chi connectivity index (χ4n) is 1.60. The highest BCUT2D eigenvalue weighted by molar-refractivity contribution is 5.99. The van der Waals surface area contributed by atoms with E-state index in [1.165, 1.54) is 11.0 Å². The van der Waals surface area contributed by atoms with Gasteiger partial charge in [0.25, 0.3) is 5.56 Å². The number of aromatic amines is 2. The number of carbonyl (C=O) groups excluding carboxylic acids is 2. The largest absolute Gasteiger partial charge is 0.369 e. The van der Waals surface area contributed by atoms with E-state index in [0.717, 1.165) is 0 Å². The number of nitrogens with one attached hydrogen (secondary N) is 2. The van der Waals surface area contributed by atoms with Gasteiger partial charge in [0.15, 0.2) is 0 Å². The number of H-pyrrole nitrogens is 2. The molecule has 2 rings (SSSR count). The molecule has 4 N–H and O–H groups in total. The topological polar surface area (TPSA) is 112 Å². The smallest absolute Gasteiger partial charge is 0.266 e. The van der Waals surface area contributed by atoms with Gasteiger partial charge in [-0.1, -0.05) is 0 Å². The van der Waals surface area contributed by atoms with Crippen LogP contribution in [0.2, 0.25) is 0 Å². The SMILES string of the molecule is NC(=O)C1CC(=O)N(c2cc(=O)[nH][nH]2)C1. The highest BCUT2D eigenvalue weighted by Gasteiger charge is 2.34. The normalized spacial score (nSPS) is 20.9. The van der Waals surface area contributed by atoms with Crippen molar-refractivity contribution in [3.8, 4) is 0 Å². The monoisotopic (exact) mass is 210 g/mol. The summed E-state index contributed by atoms with van der Waals surface area (Å²) in [5, 5.41) is 4.87. The highest BCUT2D eigenvalue weighted by Crippen LogP contribution is 2.21. The van der Waals surface area contributed by atoms with Crippen molar-refractivity contribution in [3.05, 3.63) is 16.4 Å². The van der Waals surface area contributed by atoms with E-state index in [1.54, 1.807) is 0 Å². The molecule has 2 amide bonds. The summed E-state index contributed by atoms with van der Waals surface area (Å²) >= 11 is 0. The lowest BCUT2D eigenvalue weighted by atomic mass is 10.1. The molecule has 0 aliphatic carbocycles. The Hall–Kier alpha value is -2.05. The lowest BCUT2D eigenvalue weighted by Crippen LogP contribution is -2.28. The van der Waals surface area contributed by atoms with E-state index in [-0.39, 0.29) is 24.4 Å². The van der Waals surface area contributed by atoms with E-state index in [1.807, 2.05) is 0 Å². The van der Waals surface area contributed by atoms with Gasteiger partial charge < -0.3 is 5.73 Å². The Morgan fingerprint density at radius 1 is 1.47 bits per heavy atom. The second-order valence-electron chi connectivity index (χ2n) is 3.45. The summed E-state index contributed by atoms with van der Waals surface area (Å²) in [6, 6.07) is 1.27. The van der Waals surface area contributed by atoms with Crippen LogP contribution in [0.15, 0.2) is 10.9 Å². The summed E-state index contributed by atoms with van der Waals surface area (Å²) in [5.74, 6) is -0.817. The Morgan fingerprint density at radius 3 is 2.67 bits per heavy atom. The molecule has 7 heteroatoms. The molecule has 80 valence electrons. The Bertz CT molecular complexity index is 460. The van der Waals surface area contributed by atoms with Crippen LogP contribution in [0.3, 0.4) is 0 Å². The number of hydrogen-bond donors (Lipinski definition) is 3. The molecule has 0 radical (unpaired) electrons. The van der Waals surface area contributed by atoms with Crippen LogP contribution in [0.25, 0.3) is 0 Å². The summed E-state index contributed by atoms with van der Waals surface area (Å²) in [6.07, 6.45) is 0.0997. The summed E-state index contributed by atoms with van der Waals surface area (Å²) in [5.41, 5.74) is 4.79. The molecule has 1 aliphatic heterocycles. The third kappa shape index (κ3) is 1.63. The summed E-state index contributed by atoms with van der Waals surface area (Å²) in [7, 11) is 0. The number of aromatic nitrogens is 2. The van der Waals surface area contributed by atoms with Crippen LogP contribution in [0.1, 0.15) is 6.42 Å². The number of hydrogen-bond acceptors (Lipinski definition) is 3. The fraction of sp³-hybridized carbons (Fsp3) is 0.375. The van der Waals surface area contributed by atoms with Crippen molar-refractivity contribution in [2.24, 2.45) is 11.7 Å². The minimum absolute atomic E-state index is 0.0997. The van der Waals surface area contributed by atoms with E-state index in [2.05, 4.69) is 10.2 Å². The van der Waals surface area contributed by atoms with Crippen molar-refractivity contribution < 1.29 is 9.59 Å². The van der Waals surface area contributed by atoms with Crippen molar-refractivity contribution in [2.45, 2.75) is 6.42 Å². The van der Waals surface area contributed by atoms with Gasteiger partial charge in [0.2, 0.25) is 11.8 Å². The summed E-state index contributed by atoms with van der Waals surface area (Å²) in [4.78, 5) is 34.6. The van der Waals surface area contributed by atoms with Gasteiger partial charge in [-0.15, -0.1) is 0 Å². The van der Waals surface area contributed by atoms with Gasteiger partial charge in [-0.05, 0) is 0 Å². The molecule has 0 spiro atoms. The second-order valence-corrected chi connectivity index (χ2v) is 3.45. The van der Waals surface area contributed by atoms with E-state index < -0.39 is 11.8 Å². The standard InChI is InChI=1S/C8H10N4O3/c9-8(15)4-1-7(14)12(3-4)5-2-6(13)11-10-5/h2,4H,1,3H2,(H2,9,15)(H2,10,11,13). The van der Waals surface area contributed by atoms with Crippen molar-refractivity contribution in [1.82, 2.24) is 10.2 Å². The van der Waals surface area contributed by atoms with Crippen LogP contribution in [-0.4, -0.2) is 28.6 Å². The molecule has 1 unspecified atom stereocenters. The van der Waals surface area contributed by atoms with Crippen molar-refractivity contribution in [1.29, 1.82) is 0 Å². The van der Waals surface area contributed by atoms with Crippen LogP contribution in [0.5, 0.6) is 0 Å². The predicted molar refractivity (Wildman–Crippen MR) is 51.1 cm³/mol. The van der Waals surface area contributed by atoms with Crippen molar-refractivity contribution in [3.63, 3.8) is 0 Å². The number of anilines is 1. The van der Waals surface area contributed by atoms with Gasteiger partial charge in [-0.3, -0.25) is 29.5 Å². The number of nitrogens with zero attached hydrogens (tertiary/aromatic N) is 1. The van der Waals surface area contributed by atoms with E-state index >= 15 is 0 Å². The quantitative estimate of drug-likeness (QED) is 0.554. The summed E-state index contributed by atoms with van der Waals surface area (Å²) < 4.78 is 0. The molecule has 7 nitrogen and oxygen atoms in total. The Kier molecular flexibility index (Phi) is 2.07. The molecule has 1 saturated heterocycles. The average molecular weight is 210 g/mol. The molecule has 1 aromatic heterocycles. The van der Waals surface area contributed by atoms with Crippen LogP contribution in [0, 0.1) is 5.92 Å². The number of rotatable bonds is 2. The van der Waals surface area contributed by atoms with E-state index in [4.69, 9.17) is 5.73 Å². The van der Waals surface area contributed by atoms with Crippen molar-refractivity contribution in [2.75, 3.05) is 11.4 Å². The maximum Gasteiger partial charge on any atom is 0.266 e. The number of nitrogens with two attached hydrogens (primary N) is 1. The first-order valence-corrected chi connectivity index (χ1v) is 4.45. The third-order valence-electron chi connectivity index (χ3n) is 2.40. The van der Waals surface area contributed by atoms with Crippen LogP contribution >= 0.6 is 0 Å². The van der Waals surface area contributed by atoms with Gasteiger partial charge in [-0.25, -0.2) is 0 Å².